The first-order valence-electron chi connectivity index (χ1n) is 14.8. The van der Waals surface area contributed by atoms with Crippen LogP contribution in [0.5, 0.6) is 0 Å². The second-order valence-electron chi connectivity index (χ2n) is 11.5. The number of halogens is 2. The summed E-state index contributed by atoms with van der Waals surface area (Å²) in [6.07, 6.45) is 7.29. The molecule has 0 amide bonds. The molecule has 45 heavy (non-hydrogen) atoms. The minimum absolute atomic E-state index is 0.0692. The third-order valence-corrected chi connectivity index (χ3v) is 9.90. The second-order valence-corrected chi connectivity index (χ2v) is 13.5. The highest BCUT2D eigenvalue weighted by Gasteiger charge is 2.24. The molecule has 0 bridgehead atoms. The quantitative estimate of drug-likeness (QED) is 0.214. The number of fused-ring (bicyclic) bond motifs is 1. The first-order valence-corrected chi connectivity index (χ1v) is 16.7. The van der Waals surface area contributed by atoms with Crippen molar-refractivity contribution in [3.63, 3.8) is 0 Å². The standard InChI is InChI=1S/C31H36ClFN8O3S/c1-19(2)41-29-25(18-35-31(38-29)34-17-21-9-11-22(12-10-21)40(4)16-15-33)37-28(30(41)42)23-13-14-27(36-20(23)3)39-45(43,44)26-8-6-5-7-24(26)32/h5-8,13-14,17-19,21-22H,9-12,15-16H2,1-4H3,(H,36,39). The highest BCUT2D eigenvalue weighted by Crippen LogP contribution is 2.28. The highest BCUT2D eigenvalue weighted by atomic mass is 35.5. The Hall–Kier alpha value is -3.81. The third kappa shape index (κ3) is 7.21. The van der Waals surface area contributed by atoms with Crippen molar-refractivity contribution >= 4 is 50.8 Å². The van der Waals surface area contributed by atoms with E-state index in [1.54, 1.807) is 35.9 Å². The number of aliphatic imine (C=N–C) groups is 1. The maximum absolute atomic E-state index is 13.8. The molecule has 1 fully saturated rings. The van der Waals surface area contributed by atoms with Crippen LogP contribution in [0.25, 0.3) is 22.4 Å². The van der Waals surface area contributed by atoms with Gasteiger partial charge in [0.25, 0.3) is 21.5 Å². The minimum atomic E-state index is -3.99. The van der Waals surface area contributed by atoms with E-state index in [0.717, 1.165) is 25.7 Å². The molecule has 0 unspecified atom stereocenters. The Labute approximate surface area is 266 Å². The maximum Gasteiger partial charge on any atom is 0.279 e. The Morgan fingerprint density at radius 2 is 1.87 bits per heavy atom. The first kappa shape index (κ1) is 32.6. The molecule has 1 aromatic carbocycles. The van der Waals surface area contributed by atoms with Crippen LogP contribution < -0.4 is 10.3 Å². The van der Waals surface area contributed by atoms with E-state index in [0.29, 0.717) is 35.0 Å². The van der Waals surface area contributed by atoms with Gasteiger partial charge in [0.15, 0.2) is 5.65 Å². The van der Waals surface area contributed by atoms with Crippen molar-refractivity contribution in [1.82, 2.24) is 29.4 Å². The van der Waals surface area contributed by atoms with Gasteiger partial charge >= 0.3 is 0 Å². The molecule has 3 heterocycles. The van der Waals surface area contributed by atoms with Crippen molar-refractivity contribution < 1.29 is 12.8 Å². The van der Waals surface area contributed by atoms with E-state index < -0.39 is 10.0 Å². The van der Waals surface area contributed by atoms with Gasteiger partial charge in [-0.3, -0.25) is 14.1 Å². The van der Waals surface area contributed by atoms with E-state index in [2.05, 4.69) is 34.6 Å². The van der Waals surface area contributed by atoms with Gasteiger partial charge in [0.2, 0.25) is 0 Å². The number of sulfonamides is 1. The molecule has 1 saturated carbocycles. The number of pyridine rings is 1. The second kappa shape index (κ2) is 13.7. The van der Waals surface area contributed by atoms with E-state index in [9.17, 15) is 17.6 Å². The molecular weight excluding hydrogens is 619 g/mol. The number of benzene rings is 1. The van der Waals surface area contributed by atoms with E-state index in [1.807, 2.05) is 27.1 Å². The van der Waals surface area contributed by atoms with Crippen molar-refractivity contribution in [3.05, 3.63) is 63.7 Å². The van der Waals surface area contributed by atoms with Crippen LogP contribution in [0, 0.1) is 12.8 Å². The van der Waals surface area contributed by atoms with Crippen LogP contribution in [0.15, 0.2) is 57.3 Å². The van der Waals surface area contributed by atoms with Gasteiger partial charge in [0.1, 0.15) is 28.6 Å². The topological polar surface area (TPSA) is 135 Å². The number of nitrogens with one attached hydrogen (secondary N) is 1. The van der Waals surface area contributed by atoms with Crippen molar-refractivity contribution in [2.75, 3.05) is 25.0 Å². The monoisotopic (exact) mass is 654 g/mol. The van der Waals surface area contributed by atoms with Gasteiger partial charge in [-0.2, -0.15) is 4.98 Å². The summed E-state index contributed by atoms with van der Waals surface area (Å²) in [5.41, 5.74) is 1.42. The van der Waals surface area contributed by atoms with Crippen molar-refractivity contribution in [3.8, 4) is 11.3 Å². The lowest BCUT2D eigenvalue weighted by Gasteiger charge is -2.33. The molecular formula is C31H36ClFN8O3S. The lowest BCUT2D eigenvalue weighted by atomic mass is 9.86. The molecule has 1 aliphatic rings. The third-order valence-electron chi connectivity index (χ3n) is 8.04. The van der Waals surface area contributed by atoms with Crippen molar-refractivity contribution in [2.24, 2.45) is 10.9 Å². The molecule has 1 aliphatic carbocycles. The fraction of sp³-hybridized carbons (Fsp3) is 0.419. The van der Waals surface area contributed by atoms with E-state index >= 15 is 0 Å². The number of aromatic nitrogens is 5. The Balaban J connectivity index is 1.40. The van der Waals surface area contributed by atoms with Gasteiger partial charge in [-0.15, -0.1) is 0 Å². The number of anilines is 1. The van der Waals surface area contributed by atoms with Crippen LogP contribution in [0.3, 0.4) is 0 Å². The van der Waals surface area contributed by atoms with Crippen LogP contribution in [0.1, 0.15) is 51.3 Å². The average molecular weight is 655 g/mol. The number of alkyl halides is 1. The molecule has 3 aromatic heterocycles. The van der Waals surface area contributed by atoms with Crippen LogP contribution in [-0.2, 0) is 10.0 Å². The molecule has 5 rings (SSSR count). The summed E-state index contributed by atoms with van der Waals surface area (Å²) >= 11 is 6.09. The van der Waals surface area contributed by atoms with E-state index in [-0.39, 0.29) is 51.6 Å². The number of rotatable bonds is 10. The molecule has 0 aliphatic heterocycles. The SMILES string of the molecule is Cc1nc(NS(=O)(=O)c2ccccc2Cl)ccc1-c1nc2cnc(N=CC3CCC(N(C)CCF)CC3)nc2n(C(C)C)c1=O. The molecule has 11 nitrogen and oxygen atoms in total. The number of hydrogen-bond donors (Lipinski definition) is 1. The highest BCUT2D eigenvalue weighted by molar-refractivity contribution is 7.92. The molecule has 4 aromatic rings. The Morgan fingerprint density at radius 3 is 2.53 bits per heavy atom. The van der Waals surface area contributed by atoms with Gasteiger partial charge in [-0.1, -0.05) is 23.7 Å². The summed E-state index contributed by atoms with van der Waals surface area (Å²) in [6, 6.07) is 9.33. The molecule has 0 atom stereocenters. The smallest absolute Gasteiger partial charge is 0.279 e. The van der Waals surface area contributed by atoms with Gasteiger partial charge < -0.3 is 4.90 Å². The predicted octanol–water partition coefficient (Wildman–Crippen LogP) is 5.75. The predicted molar refractivity (Wildman–Crippen MR) is 175 cm³/mol. The van der Waals surface area contributed by atoms with Crippen LogP contribution >= 0.6 is 11.6 Å². The van der Waals surface area contributed by atoms with Gasteiger partial charge in [0, 0.05) is 36.1 Å². The van der Waals surface area contributed by atoms with Gasteiger partial charge in [-0.05, 0) is 83.7 Å². The molecule has 238 valence electrons. The Bertz CT molecular complexity index is 1890. The lowest BCUT2D eigenvalue weighted by molar-refractivity contribution is 0.170. The summed E-state index contributed by atoms with van der Waals surface area (Å²) in [4.78, 5) is 38.3. The zero-order valence-corrected chi connectivity index (χ0v) is 27.2. The number of nitrogens with zero attached hydrogens (tertiary/aromatic N) is 7. The summed E-state index contributed by atoms with van der Waals surface area (Å²) in [7, 11) is -2.02. The number of hydrogen-bond acceptors (Lipinski definition) is 9. The molecule has 0 spiro atoms. The number of aryl methyl sites for hydroxylation is 1. The summed E-state index contributed by atoms with van der Waals surface area (Å²) in [6.45, 7) is 5.55. The summed E-state index contributed by atoms with van der Waals surface area (Å²) in [5, 5.41) is 0.0886. The first-order chi connectivity index (χ1) is 21.5. The van der Waals surface area contributed by atoms with E-state index in [1.165, 1.54) is 18.2 Å². The van der Waals surface area contributed by atoms with Crippen molar-refractivity contribution in [2.45, 2.75) is 63.4 Å². The van der Waals surface area contributed by atoms with Crippen LogP contribution in [-0.4, -0.2) is 70.3 Å². The maximum atomic E-state index is 13.8. The minimum Gasteiger partial charge on any atom is -0.301 e. The summed E-state index contributed by atoms with van der Waals surface area (Å²) < 4.78 is 42.5. The molecule has 14 heteroatoms. The van der Waals surface area contributed by atoms with Crippen molar-refractivity contribution in [1.29, 1.82) is 0 Å². The van der Waals surface area contributed by atoms with Crippen LogP contribution in [0.2, 0.25) is 5.02 Å². The molecule has 0 saturated heterocycles. The largest absolute Gasteiger partial charge is 0.301 e. The lowest BCUT2D eigenvalue weighted by Crippen LogP contribution is -2.36. The summed E-state index contributed by atoms with van der Waals surface area (Å²) in [5.74, 6) is 0.600. The molecule has 0 radical (unpaired) electrons. The van der Waals surface area contributed by atoms with Gasteiger partial charge in [-0.25, -0.2) is 32.8 Å². The Kier molecular flexibility index (Phi) is 9.90. The van der Waals surface area contributed by atoms with Crippen LogP contribution in [0.4, 0.5) is 16.2 Å². The average Bonchev–Trinajstić information content (AvgIpc) is 3.00. The zero-order chi connectivity index (χ0) is 32.3. The fourth-order valence-electron chi connectivity index (χ4n) is 5.61. The fourth-order valence-corrected chi connectivity index (χ4v) is 7.13. The normalized spacial score (nSPS) is 17.5. The zero-order valence-electron chi connectivity index (χ0n) is 25.6. The van der Waals surface area contributed by atoms with E-state index in [4.69, 9.17) is 11.6 Å². The Morgan fingerprint density at radius 1 is 1.13 bits per heavy atom. The van der Waals surface area contributed by atoms with Gasteiger partial charge in [0.05, 0.1) is 11.2 Å². The molecule has 1 N–H and O–H groups in total.